The van der Waals surface area contributed by atoms with Gasteiger partial charge in [0.15, 0.2) is 6.10 Å². The van der Waals surface area contributed by atoms with Crippen LogP contribution in [-0.2, 0) is 19.6 Å². The lowest BCUT2D eigenvalue weighted by atomic mass is 10.2. The molecule has 0 bridgehead atoms. The van der Waals surface area contributed by atoms with Crippen molar-refractivity contribution in [2.75, 3.05) is 25.5 Å². The highest BCUT2D eigenvalue weighted by Gasteiger charge is 2.26. The Morgan fingerprint density at radius 3 is 2.29 bits per heavy atom. The molecule has 2 aromatic carbocycles. The summed E-state index contributed by atoms with van der Waals surface area (Å²) in [4.78, 5) is 24.9. The van der Waals surface area contributed by atoms with Crippen LogP contribution in [0.3, 0.4) is 0 Å². The van der Waals surface area contributed by atoms with Crippen LogP contribution in [0.2, 0.25) is 0 Å². The number of hydrogen-bond donors (Lipinski definition) is 1. The topological polar surface area (TPSA) is 102 Å². The van der Waals surface area contributed by atoms with E-state index in [1.807, 2.05) is 0 Å². The molecule has 1 aliphatic rings. The molecule has 0 spiro atoms. The van der Waals surface area contributed by atoms with Crippen molar-refractivity contribution in [3.63, 3.8) is 0 Å². The third-order valence-corrected chi connectivity index (χ3v) is 6.97. The number of para-hydroxylation sites is 2. The first kappa shape index (κ1) is 22.8. The Bertz CT molecular complexity index is 1030. The molecule has 0 aromatic heterocycles. The van der Waals surface area contributed by atoms with Crippen LogP contribution in [0.5, 0.6) is 5.75 Å². The minimum atomic E-state index is -3.58. The smallest absolute Gasteiger partial charge is 0.338 e. The summed E-state index contributed by atoms with van der Waals surface area (Å²) in [5.74, 6) is -0.744. The van der Waals surface area contributed by atoms with Crippen molar-refractivity contribution < 1.29 is 27.5 Å². The first-order valence-corrected chi connectivity index (χ1v) is 11.5. The van der Waals surface area contributed by atoms with Crippen molar-refractivity contribution in [1.82, 2.24) is 4.31 Å². The second-order valence-electron chi connectivity index (χ2n) is 7.23. The SMILES string of the molecule is COc1ccccc1NC(=O)[C@@H](C)OC(=O)c1ccc(S(=O)(=O)N2CCCCC2)cc1. The summed E-state index contributed by atoms with van der Waals surface area (Å²) < 4.78 is 37.3. The first-order chi connectivity index (χ1) is 14.8. The van der Waals surface area contributed by atoms with Gasteiger partial charge in [-0.05, 0) is 56.2 Å². The number of carbonyl (C=O) groups excluding carboxylic acids is 2. The quantitative estimate of drug-likeness (QED) is 0.656. The molecular formula is C22H26N2O6S. The predicted octanol–water partition coefficient (Wildman–Crippen LogP) is 3.05. The van der Waals surface area contributed by atoms with Crippen LogP contribution in [0, 0.1) is 0 Å². The van der Waals surface area contributed by atoms with Gasteiger partial charge in [-0.1, -0.05) is 18.6 Å². The Labute approximate surface area is 182 Å². The van der Waals surface area contributed by atoms with Crippen LogP contribution in [0.4, 0.5) is 5.69 Å². The Kier molecular flexibility index (Phi) is 7.29. The van der Waals surface area contributed by atoms with E-state index in [2.05, 4.69) is 5.32 Å². The standard InChI is InChI=1S/C22H26N2O6S/c1-16(21(25)23-19-8-4-5-9-20(19)29-2)30-22(26)17-10-12-18(13-11-17)31(27,28)24-14-6-3-7-15-24/h4-5,8-13,16H,3,6-7,14-15H2,1-2H3,(H,23,25)/t16-/m1/s1. The minimum Gasteiger partial charge on any atom is -0.495 e. The molecule has 2 aromatic rings. The van der Waals surface area contributed by atoms with Crippen LogP contribution < -0.4 is 10.1 Å². The van der Waals surface area contributed by atoms with E-state index < -0.39 is 28.0 Å². The number of hydrogen-bond acceptors (Lipinski definition) is 6. The van der Waals surface area contributed by atoms with Gasteiger partial charge in [0.1, 0.15) is 5.75 Å². The molecule has 0 saturated carbocycles. The van der Waals surface area contributed by atoms with Crippen molar-refractivity contribution in [3.05, 3.63) is 54.1 Å². The number of anilines is 1. The molecule has 0 radical (unpaired) electrons. The van der Waals surface area contributed by atoms with E-state index in [4.69, 9.17) is 9.47 Å². The third-order valence-electron chi connectivity index (χ3n) is 5.06. The maximum atomic E-state index is 12.7. The monoisotopic (exact) mass is 446 g/mol. The zero-order chi connectivity index (χ0) is 22.4. The minimum absolute atomic E-state index is 0.132. The van der Waals surface area contributed by atoms with Gasteiger partial charge in [-0.15, -0.1) is 0 Å². The predicted molar refractivity (Wildman–Crippen MR) is 116 cm³/mol. The number of carbonyl (C=O) groups is 2. The number of nitrogens with one attached hydrogen (secondary N) is 1. The molecule has 31 heavy (non-hydrogen) atoms. The van der Waals surface area contributed by atoms with E-state index in [0.29, 0.717) is 24.5 Å². The van der Waals surface area contributed by atoms with E-state index in [0.717, 1.165) is 19.3 Å². The number of benzene rings is 2. The second-order valence-corrected chi connectivity index (χ2v) is 9.16. The van der Waals surface area contributed by atoms with Crippen LogP contribution >= 0.6 is 0 Å². The molecule has 1 amide bonds. The van der Waals surface area contributed by atoms with Crippen LogP contribution in [0.15, 0.2) is 53.4 Å². The van der Waals surface area contributed by atoms with Gasteiger partial charge in [0.05, 0.1) is 23.3 Å². The summed E-state index contributed by atoms with van der Waals surface area (Å²) in [6, 6.07) is 12.5. The summed E-state index contributed by atoms with van der Waals surface area (Å²) >= 11 is 0. The number of rotatable bonds is 7. The molecule has 1 aliphatic heterocycles. The lowest BCUT2D eigenvalue weighted by molar-refractivity contribution is -0.123. The summed E-state index contributed by atoms with van der Waals surface area (Å²) in [6.07, 6.45) is 1.66. The van der Waals surface area contributed by atoms with Gasteiger partial charge in [-0.3, -0.25) is 4.79 Å². The largest absolute Gasteiger partial charge is 0.495 e. The molecular weight excluding hydrogens is 420 g/mol. The van der Waals surface area contributed by atoms with Crippen LogP contribution in [0.1, 0.15) is 36.5 Å². The molecule has 0 aliphatic carbocycles. The van der Waals surface area contributed by atoms with Crippen LogP contribution in [-0.4, -0.2) is 50.9 Å². The zero-order valence-electron chi connectivity index (χ0n) is 17.5. The molecule has 3 rings (SSSR count). The molecule has 166 valence electrons. The molecule has 9 heteroatoms. The highest BCUT2D eigenvalue weighted by Crippen LogP contribution is 2.24. The Balaban J connectivity index is 1.63. The molecule has 1 atom stereocenters. The maximum absolute atomic E-state index is 12.7. The molecule has 1 N–H and O–H groups in total. The molecule has 1 fully saturated rings. The van der Waals surface area contributed by atoms with E-state index in [9.17, 15) is 18.0 Å². The van der Waals surface area contributed by atoms with Gasteiger partial charge >= 0.3 is 5.97 Å². The number of nitrogens with zero attached hydrogens (tertiary/aromatic N) is 1. The number of methoxy groups -OCH3 is 1. The molecule has 1 heterocycles. The van der Waals surface area contributed by atoms with Gasteiger partial charge in [0, 0.05) is 13.1 Å². The normalized spacial score (nSPS) is 15.7. The van der Waals surface area contributed by atoms with E-state index in [-0.39, 0.29) is 10.5 Å². The summed E-state index contributed by atoms with van der Waals surface area (Å²) in [6.45, 7) is 2.47. The number of amides is 1. The van der Waals surface area contributed by atoms with Crippen molar-refractivity contribution in [2.45, 2.75) is 37.2 Å². The first-order valence-electron chi connectivity index (χ1n) is 10.1. The highest BCUT2D eigenvalue weighted by atomic mass is 32.2. The highest BCUT2D eigenvalue weighted by molar-refractivity contribution is 7.89. The van der Waals surface area contributed by atoms with E-state index in [1.54, 1.807) is 24.3 Å². The fourth-order valence-electron chi connectivity index (χ4n) is 3.28. The summed E-state index contributed by atoms with van der Waals surface area (Å²) in [5.41, 5.74) is 0.625. The lowest BCUT2D eigenvalue weighted by Gasteiger charge is -2.25. The van der Waals surface area contributed by atoms with Crippen molar-refractivity contribution in [3.8, 4) is 5.75 Å². The Hall–Kier alpha value is -2.91. The van der Waals surface area contributed by atoms with E-state index in [1.165, 1.54) is 42.6 Å². The van der Waals surface area contributed by atoms with Gasteiger partial charge < -0.3 is 14.8 Å². The fourth-order valence-corrected chi connectivity index (χ4v) is 4.80. The molecule has 0 unspecified atom stereocenters. The molecule has 1 saturated heterocycles. The van der Waals surface area contributed by atoms with Gasteiger partial charge in [-0.25, -0.2) is 13.2 Å². The lowest BCUT2D eigenvalue weighted by Crippen LogP contribution is -2.35. The fraction of sp³-hybridized carbons (Fsp3) is 0.364. The van der Waals surface area contributed by atoms with Crippen molar-refractivity contribution in [2.24, 2.45) is 0 Å². The summed E-state index contributed by atoms with van der Waals surface area (Å²) in [7, 11) is -2.09. The number of ether oxygens (including phenoxy) is 2. The maximum Gasteiger partial charge on any atom is 0.338 e. The third kappa shape index (κ3) is 5.42. The number of sulfonamides is 1. The van der Waals surface area contributed by atoms with Crippen molar-refractivity contribution >= 4 is 27.6 Å². The Morgan fingerprint density at radius 1 is 1.00 bits per heavy atom. The van der Waals surface area contributed by atoms with E-state index >= 15 is 0 Å². The second kappa shape index (κ2) is 9.93. The number of piperidine rings is 1. The Morgan fingerprint density at radius 2 is 1.65 bits per heavy atom. The van der Waals surface area contributed by atoms with Gasteiger partial charge in [0.25, 0.3) is 5.91 Å². The van der Waals surface area contributed by atoms with Crippen LogP contribution in [0.25, 0.3) is 0 Å². The zero-order valence-corrected chi connectivity index (χ0v) is 18.4. The summed E-state index contributed by atoms with van der Waals surface area (Å²) in [5, 5.41) is 2.66. The average molecular weight is 447 g/mol. The average Bonchev–Trinajstić information content (AvgIpc) is 2.80. The molecule has 8 nitrogen and oxygen atoms in total. The van der Waals surface area contributed by atoms with Gasteiger partial charge in [-0.2, -0.15) is 4.31 Å². The van der Waals surface area contributed by atoms with Crippen molar-refractivity contribution in [1.29, 1.82) is 0 Å². The van der Waals surface area contributed by atoms with Gasteiger partial charge in [0.2, 0.25) is 10.0 Å². The number of esters is 1.